The average Bonchev–Trinajstić information content (AvgIpc) is 3.39. The van der Waals surface area contributed by atoms with Gasteiger partial charge in [-0.3, -0.25) is 9.89 Å². The zero-order valence-electron chi connectivity index (χ0n) is 15.9. The number of aryl methyl sites for hydroxylation is 1. The van der Waals surface area contributed by atoms with Crippen LogP contribution < -0.4 is 0 Å². The molecule has 1 N–H and O–H groups in total. The number of aromatic nitrogens is 5. The van der Waals surface area contributed by atoms with E-state index in [1.54, 1.807) is 6.33 Å². The van der Waals surface area contributed by atoms with Gasteiger partial charge >= 0.3 is 0 Å². The van der Waals surface area contributed by atoms with Crippen LogP contribution in [0.4, 0.5) is 0 Å². The highest BCUT2D eigenvalue weighted by molar-refractivity contribution is 5.94. The Morgan fingerprint density at radius 3 is 2.89 bits per heavy atom. The van der Waals surface area contributed by atoms with Gasteiger partial charge in [0.2, 0.25) is 0 Å². The van der Waals surface area contributed by atoms with Crippen molar-refractivity contribution >= 4 is 5.91 Å². The van der Waals surface area contributed by atoms with Crippen LogP contribution in [0.3, 0.4) is 0 Å². The van der Waals surface area contributed by atoms with Crippen LogP contribution in [0.25, 0.3) is 11.3 Å². The van der Waals surface area contributed by atoms with E-state index < -0.39 is 0 Å². The van der Waals surface area contributed by atoms with E-state index in [0.717, 1.165) is 35.5 Å². The summed E-state index contributed by atoms with van der Waals surface area (Å²) >= 11 is 0. The number of aromatic amines is 1. The molecule has 1 unspecified atom stereocenters. The summed E-state index contributed by atoms with van der Waals surface area (Å²) in [7, 11) is 0. The zero-order chi connectivity index (χ0) is 19.0. The largest absolute Gasteiger partial charge is 0.327 e. The second-order valence-electron chi connectivity index (χ2n) is 7.33. The molecule has 1 aliphatic rings. The van der Waals surface area contributed by atoms with Crippen LogP contribution in [0.2, 0.25) is 0 Å². The summed E-state index contributed by atoms with van der Waals surface area (Å²) in [5.41, 5.74) is 3.46. The van der Waals surface area contributed by atoms with E-state index in [0.29, 0.717) is 12.2 Å². The van der Waals surface area contributed by atoms with Gasteiger partial charge in [0, 0.05) is 18.2 Å². The monoisotopic (exact) mass is 364 g/mol. The molecular formula is C20H24N6O. The number of amides is 1. The number of nitrogens with zero attached hydrogens (tertiary/aromatic N) is 5. The summed E-state index contributed by atoms with van der Waals surface area (Å²) < 4.78 is 2.04. The molecule has 0 aliphatic carbocycles. The molecule has 140 valence electrons. The molecule has 0 radical (unpaired) electrons. The molecule has 0 spiro atoms. The number of benzene rings is 1. The van der Waals surface area contributed by atoms with Crippen LogP contribution in [-0.4, -0.2) is 42.3 Å². The molecular weight excluding hydrogens is 340 g/mol. The summed E-state index contributed by atoms with van der Waals surface area (Å²) in [5, 5.41) is 15.7. The summed E-state index contributed by atoms with van der Waals surface area (Å²) in [6.45, 7) is 6.95. The SMILES string of the molecule is Cc1ccccc1-c1cc(C(=O)N2CCCC2c2nncn2C(C)C)[nH]n1. The molecule has 7 heteroatoms. The molecule has 0 bridgehead atoms. The van der Waals surface area contributed by atoms with Gasteiger partial charge in [0.1, 0.15) is 12.0 Å². The quantitative estimate of drug-likeness (QED) is 0.768. The first-order chi connectivity index (χ1) is 13.1. The number of likely N-dealkylation sites (tertiary alicyclic amines) is 1. The molecule has 1 fully saturated rings. The molecule has 4 rings (SSSR count). The highest BCUT2D eigenvalue weighted by Gasteiger charge is 2.34. The van der Waals surface area contributed by atoms with Crippen molar-refractivity contribution in [3.8, 4) is 11.3 Å². The summed E-state index contributed by atoms with van der Waals surface area (Å²) in [6.07, 6.45) is 3.60. The van der Waals surface area contributed by atoms with Gasteiger partial charge in [0.05, 0.1) is 11.7 Å². The van der Waals surface area contributed by atoms with Gasteiger partial charge in [-0.2, -0.15) is 5.10 Å². The lowest BCUT2D eigenvalue weighted by Gasteiger charge is -2.24. The van der Waals surface area contributed by atoms with Crippen LogP contribution in [0.5, 0.6) is 0 Å². The van der Waals surface area contributed by atoms with E-state index in [9.17, 15) is 4.79 Å². The number of nitrogens with one attached hydrogen (secondary N) is 1. The number of carbonyl (C=O) groups is 1. The number of rotatable bonds is 4. The first-order valence-electron chi connectivity index (χ1n) is 9.38. The topological polar surface area (TPSA) is 79.7 Å². The molecule has 1 saturated heterocycles. The molecule has 27 heavy (non-hydrogen) atoms. The normalized spacial score (nSPS) is 17.0. The van der Waals surface area contributed by atoms with Crippen molar-refractivity contribution in [2.75, 3.05) is 6.54 Å². The fourth-order valence-electron chi connectivity index (χ4n) is 3.75. The van der Waals surface area contributed by atoms with Crippen molar-refractivity contribution in [2.45, 2.75) is 45.7 Å². The van der Waals surface area contributed by atoms with E-state index in [-0.39, 0.29) is 18.0 Å². The number of H-pyrrole nitrogens is 1. The molecule has 7 nitrogen and oxygen atoms in total. The lowest BCUT2D eigenvalue weighted by Crippen LogP contribution is -2.32. The number of hydrogen-bond acceptors (Lipinski definition) is 4. The number of carbonyl (C=O) groups excluding carboxylic acids is 1. The van der Waals surface area contributed by atoms with Crippen LogP contribution in [-0.2, 0) is 0 Å². The summed E-state index contributed by atoms with van der Waals surface area (Å²) in [6, 6.07) is 10.1. The van der Waals surface area contributed by atoms with E-state index in [1.165, 1.54) is 0 Å². The van der Waals surface area contributed by atoms with Gasteiger partial charge in [-0.1, -0.05) is 24.3 Å². The van der Waals surface area contributed by atoms with Crippen LogP contribution in [0, 0.1) is 6.92 Å². The Morgan fingerprint density at radius 2 is 2.11 bits per heavy atom. The number of hydrogen-bond donors (Lipinski definition) is 1. The Labute approximate surface area is 158 Å². The Bertz CT molecular complexity index is 957. The Hall–Kier alpha value is -2.96. The van der Waals surface area contributed by atoms with Crippen LogP contribution in [0.15, 0.2) is 36.7 Å². The van der Waals surface area contributed by atoms with Gasteiger partial charge in [0.25, 0.3) is 5.91 Å². The minimum atomic E-state index is -0.0485. The van der Waals surface area contributed by atoms with Gasteiger partial charge in [-0.05, 0) is 45.2 Å². The van der Waals surface area contributed by atoms with Crippen molar-refractivity contribution in [3.05, 3.63) is 53.7 Å². The summed E-state index contributed by atoms with van der Waals surface area (Å²) in [5.74, 6) is 0.817. The Balaban J connectivity index is 1.61. The van der Waals surface area contributed by atoms with Crippen molar-refractivity contribution < 1.29 is 4.79 Å². The van der Waals surface area contributed by atoms with Crippen LogP contribution in [0.1, 0.15) is 60.6 Å². The third-order valence-corrected chi connectivity index (χ3v) is 5.20. The standard InChI is InChI=1S/C20H24N6O/c1-13(2)26-12-21-24-19(26)18-9-6-10-25(18)20(27)17-11-16(22-23-17)15-8-5-4-7-14(15)3/h4-5,7-8,11-13,18H,6,9-10H2,1-3H3,(H,22,23). The maximum Gasteiger partial charge on any atom is 0.272 e. The van der Waals surface area contributed by atoms with E-state index in [2.05, 4.69) is 34.2 Å². The summed E-state index contributed by atoms with van der Waals surface area (Å²) in [4.78, 5) is 15.0. The Morgan fingerprint density at radius 1 is 1.30 bits per heavy atom. The molecule has 1 atom stereocenters. The van der Waals surface area contributed by atoms with E-state index >= 15 is 0 Å². The predicted molar refractivity (Wildman–Crippen MR) is 102 cm³/mol. The third-order valence-electron chi connectivity index (χ3n) is 5.20. The predicted octanol–water partition coefficient (Wildman–Crippen LogP) is 3.53. The van der Waals surface area contributed by atoms with Gasteiger partial charge in [0.15, 0.2) is 5.82 Å². The fraction of sp³-hybridized carbons (Fsp3) is 0.400. The van der Waals surface area contributed by atoms with E-state index in [1.807, 2.05) is 46.7 Å². The molecule has 0 saturated carbocycles. The second kappa shape index (κ2) is 6.98. The van der Waals surface area contributed by atoms with Gasteiger partial charge < -0.3 is 9.47 Å². The van der Waals surface area contributed by atoms with Crippen LogP contribution >= 0.6 is 0 Å². The molecule has 2 aromatic heterocycles. The highest BCUT2D eigenvalue weighted by atomic mass is 16.2. The Kier molecular flexibility index (Phi) is 4.51. The lowest BCUT2D eigenvalue weighted by atomic mass is 10.1. The second-order valence-corrected chi connectivity index (χ2v) is 7.33. The highest BCUT2D eigenvalue weighted by Crippen LogP contribution is 2.33. The third kappa shape index (κ3) is 3.13. The lowest BCUT2D eigenvalue weighted by molar-refractivity contribution is 0.0720. The first kappa shape index (κ1) is 17.5. The van der Waals surface area contributed by atoms with Crippen molar-refractivity contribution in [1.29, 1.82) is 0 Å². The smallest absolute Gasteiger partial charge is 0.272 e. The zero-order valence-corrected chi connectivity index (χ0v) is 15.9. The molecule has 3 aromatic rings. The molecule has 3 heterocycles. The van der Waals surface area contributed by atoms with Gasteiger partial charge in [-0.15, -0.1) is 10.2 Å². The minimum absolute atomic E-state index is 0.0388. The first-order valence-corrected chi connectivity index (χ1v) is 9.38. The maximum absolute atomic E-state index is 13.2. The van der Waals surface area contributed by atoms with Crippen molar-refractivity contribution in [3.63, 3.8) is 0 Å². The van der Waals surface area contributed by atoms with Crippen molar-refractivity contribution in [2.24, 2.45) is 0 Å². The minimum Gasteiger partial charge on any atom is -0.327 e. The van der Waals surface area contributed by atoms with Crippen molar-refractivity contribution in [1.82, 2.24) is 29.9 Å². The maximum atomic E-state index is 13.2. The molecule has 1 amide bonds. The molecule has 1 aliphatic heterocycles. The fourth-order valence-corrected chi connectivity index (χ4v) is 3.75. The molecule has 1 aromatic carbocycles. The van der Waals surface area contributed by atoms with Gasteiger partial charge in [-0.25, -0.2) is 0 Å². The average molecular weight is 364 g/mol. The van der Waals surface area contributed by atoms with E-state index in [4.69, 9.17) is 0 Å².